The van der Waals surface area contributed by atoms with Crippen molar-refractivity contribution in [2.24, 2.45) is 0 Å². The van der Waals surface area contributed by atoms with E-state index in [9.17, 15) is 19.2 Å². The first-order valence-electron chi connectivity index (χ1n) is 12.4. The SMILES string of the molecule is COC(=O)c1c(NC(=O)CCSc2c(=O)o[nH][n+]2-c2ccc(OC)cc2)sc2c1CCN(C(=O)OC(C)(C)C)C2. The number of amides is 2. The summed E-state index contributed by atoms with van der Waals surface area (Å²) in [6.07, 6.45) is 0.0518. The predicted molar refractivity (Wildman–Crippen MR) is 147 cm³/mol. The summed E-state index contributed by atoms with van der Waals surface area (Å²) in [6.45, 7) is 6.04. The van der Waals surface area contributed by atoms with Crippen LogP contribution >= 0.6 is 23.1 Å². The summed E-state index contributed by atoms with van der Waals surface area (Å²) in [5, 5.41) is 6.03. The van der Waals surface area contributed by atoms with Gasteiger partial charge in [0.05, 0.1) is 26.3 Å². The standard InChI is InChI=1S/C26H30N4O8S2/c1-26(2,3)37-25(34)29-12-10-17-18(14-29)40-21(20(17)23(32)36-5)27-19(31)11-13-39-22-24(33)38-28-30(22)15-6-8-16(35-4)9-7-15/h6-9H,10-14H2,1-5H3,(H-,27,28,31,32,33)/p+1. The first-order valence-corrected chi connectivity index (χ1v) is 14.2. The Bertz CT molecular complexity index is 1450. The van der Waals surface area contributed by atoms with Crippen molar-refractivity contribution in [1.29, 1.82) is 0 Å². The average Bonchev–Trinajstić information content (AvgIpc) is 3.46. The van der Waals surface area contributed by atoms with Crippen molar-refractivity contribution in [3.05, 3.63) is 50.7 Å². The molecule has 0 fully saturated rings. The molecule has 2 aromatic heterocycles. The molecule has 3 aromatic rings. The van der Waals surface area contributed by atoms with E-state index in [0.29, 0.717) is 35.0 Å². The Morgan fingerprint density at radius 3 is 2.58 bits per heavy atom. The minimum absolute atomic E-state index is 0.0606. The molecule has 12 nitrogen and oxygen atoms in total. The van der Waals surface area contributed by atoms with Gasteiger partial charge in [0.1, 0.15) is 16.4 Å². The summed E-state index contributed by atoms with van der Waals surface area (Å²) in [5.74, 6) is 0.0464. The van der Waals surface area contributed by atoms with Crippen LogP contribution in [0.4, 0.5) is 9.80 Å². The zero-order chi connectivity index (χ0) is 29.0. The van der Waals surface area contributed by atoms with Crippen molar-refractivity contribution in [3.8, 4) is 11.4 Å². The molecule has 0 unspecified atom stereocenters. The number of esters is 1. The Morgan fingerprint density at radius 2 is 1.93 bits per heavy atom. The first-order chi connectivity index (χ1) is 19.0. The normalized spacial score (nSPS) is 13.0. The topological polar surface area (TPSA) is 144 Å². The molecule has 1 aromatic carbocycles. The van der Waals surface area contributed by atoms with Gasteiger partial charge in [-0.15, -0.1) is 11.3 Å². The number of fused-ring (bicyclic) bond motifs is 1. The second-order valence-electron chi connectivity index (χ2n) is 9.82. The van der Waals surface area contributed by atoms with Crippen molar-refractivity contribution in [1.82, 2.24) is 10.2 Å². The van der Waals surface area contributed by atoms with Gasteiger partial charge in [-0.3, -0.25) is 9.32 Å². The van der Waals surface area contributed by atoms with Crippen LogP contribution in [0, 0.1) is 0 Å². The fourth-order valence-electron chi connectivity index (χ4n) is 4.01. The Labute approximate surface area is 238 Å². The lowest BCUT2D eigenvalue weighted by Gasteiger charge is -2.30. The maximum absolute atomic E-state index is 12.9. The van der Waals surface area contributed by atoms with E-state index in [4.69, 9.17) is 18.7 Å². The number of carbonyl (C=O) groups is 3. The monoisotopic (exact) mass is 591 g/mol. The predicted octanol–water partition coefficient (Wildman–Crippen LogP) is 3.52. The molecule has 1 aliphatic rings. The van der Waals surface area contributed by atoms with Crippen LogP contribution in [-0.4, -0.2) is 60.3 Å². The lowest BCUT2D eigenvalue weighted by molar-refractivity contribution is -0.704. The van der Waals surface area contributed by atoms with Crippen molar-refractivity contribution in [3.63, 3.8) is 0 Å². The molecule has 0 bridgehead atoms. The van der Waals surface area contributed by atoms with Gasteiger partial charge in [0.2, 0.25) is 11.6 Å². The van der Waals surface area contributed by atoms with E-state index < -0.39 is 23.3 Å². The number of anilines is 1. The van der Waals surface area contributed by atoms with E-state index >= 15 is 0 Å². The Morgan fingerprint density at radius 1 is 1.20 bits per heavy atom. The summed E-state index contributed by atoms with van der Waals surface area (Å²) in [6, 6.07) is 7.03. The number of hydrogen-bond acceptors (Lipinski definition) is 10. The van der Waals surface area contributed by atoms with Crippen molar-refractivity contribution >= 4 is 46.1 Å². The molecule has 0 spiro atoms. The van der Waals surface area contributed by atoms with Crippen LogP contribution in [0.2, 0.25) is 0 Å². The van der Waals surface area contributed by atoms with Gasteiger partial charge >= 0.3 is 22.7 Å². The zero-order valence-electron chi connectivity index (χ0n) is 22.8. The first kappa shape index (κ1) is 29.2. The number of thiophene rings is 1. The van der Waals surface area contributed by atoms with Crippen molar-refractivity contribution in [2.45, 2.75) is 50.8 Å². The summed E-state index contributed by atoms with van der Waals surface area (Å²) >= 11 is 2.40. The van der Waals surface area contributed by atoms with E-state index in [1.807, 2.05) is 0 Å². The molecule has 0 saturated carbocycles. The summed E-state index contributed by atoms with van der Waals surface area (Å²) in [7, 11) is 2.84. The van der Waals surface area contributed by atoms with Crippen LogP contribution in [0.25, 0.3) is 5.69 Å². The highest BCUT2D eigenvalue weighted by molar-refractivity contribution is 7.99. The van der Waals surface area contributed by atoms with Gasteiger partial charge in [-0.1, -0.05) is 0 Å². The number of carbonyl (C=O) groups excluding carboxylic acids is 3. The van der Waals surface area contributed by atoms with Gasteiger partial charge in [-0.2, -0.15) is 0 Å². The second-order valence-corrected chi connectivity index (χ2v) is 12.0. The van der Waals surface area contributed by atoms with E-state index in [1.54, 1.807) is 57.0 Å². The summed E-state index contributed by atoms with van der Waals surface area (Å²) in [5.41, 5.74) is 0.527. The third-order valence-corrected chi connectivity index (χ3v) is 8.02. The van der Waals surface area contributed by atoms with E-state index in [2.05, 4.69) is 10.6 Å². The molecule has 2 N–H and O–H groups in total. The Balaban J connectivity index is 1.43. The Hall–Kier alpha value is -3.78. The molecule has 4 rings (SSSR count). The molecule has 1 aliphatic heterocycles. The quantitative estimate of drug-likeness (QED) is 0.228. The molecule has 214 valence electrons. The maximum atomic E-state index is 12.9. The lowest BCUT2D eigenvalue weighted by atomic mass is 10.0. The number of aromatic amines is 1. The van der Waals surface area contributed by atoms with E-state index in [0.717, 1.165) is 22.2 Å². The van der Waals surface area contributed by atoms with E-state index in [1.165, 1.54) is 23.1 Å². The van der Waals surface area contributed by atoms with Gasteiger partial charge in [-0.05, 0) is 66.6 Å². The third kappa shape index (κ3) is 6.67. The van der Waals surface area contributed by atoms with Crippen LogP contribution in [0.3, 0.4) is 0 Å². The summed E-state index contributed by atoms with van der Waals surface area (Å²) in [4.78, 5) is 52.7. The molecule has 2 amide bonds. The number of rotatable bonds is 8. The van der Waals surface area contributed by atoms with Crippen LogP contribution in [0.5, 0.6) is 5.75 Å². The largest absolute Gasteiger partial charge is 0.497 e. The molecule has 14 heteroatoms. The third-order valence-electron chi connectivity index (χ3n) is 5.86. The number of methoxy groups -OCH3 is 2. The number of benzene rings is 1. The van der Waals surface area contributed by atoms with Gasteiger partial charge in [0.15, 0.2) is 0 Å². The van der Waals surface area contributed by atoms with Gasteiger partial charge in [-0.25, -0.2) is 14.4 Å². The minimum atomic E-state index is -0.629. The number of ether oxygens (including phenoxy) is 3. The Kier molecular flexibility index (Phi) is 8.88. The average molecular weight is 592 g/mol. The molecule has 0 radical (unpaired) electrons. The number of thioether (sulfide) groups is 1. The number of nitrogens with one attached hydrogen (secondary N) is 2. The highest BCUT2D eigenvalue weighted by Crippen LogP contribution is 2.38. The van der Waals surface area contributed by atoms with Gasteiger partial charge in [0, 0.05) is 35.7 Å². The van der Waals surface area contributed by atoms with Gasteiger partial charge < -0.3 is 24.4 Å². The second kappa shape index (κ2) is 12.2. The number of nitrogens with zero attached hydrogens (tertiary/aromatic N) is 2. The fraction of sp³-hybridized carbons (Fsp3) is 0.423. The van der Waals surface area contributed by atoms with Crippen molar-refractivity contribution < 1.29 is 37.8 Å². The molecular formula is C26H31N4O8S2+. The van der Waals surface area contributed by atoms with Crippen molar-refractivity contribution in [2.75, 3.05) is 31.8 Å². The summed E-state index contributed by atoms with van der Waals surface area (Å²) < 4.78 is 22.1. The highest BCUT2D eigenvalue weighted by Gasteiger charge is 2.32. The number of hydrogen-bond donors (Lipinski definition) is 2. The molecular weight excluding hydrogens is 560 g/mol. The van der Waals surface area contributed by atoms with Crippen LogP contribution < -0.4 is 20.4 Å². The zero-order valence-corrected chi connectivity index (χ0v) is 24.5. The molecule has 0 atom stereocenters. The maximum Gasteiger partial charge on any atom is 0.442 e. The van der Waals surface area contributed by atoms with Crippen LogP contribution in [0.1, 0.15) is 48.0 Å². The van der Waals surface area contributed by atoms with Crippen LogP contribution in [0.15, 0.2) is 38.6 Å². The van der Waals surface area contributed by atoms with E-state index in [-0.39, 0.29) is 29.7 Å². The van der Waals surface area contributed by atoms with Gasteiger partial charge in [0.25, 0.3) is 0 Å². The lowest BCUT2D eigenvalue weighted by Crippen LogP contribution is -2.39. The van der Waals surface area contributed by atoms with Crippen LogP contribution in [-0.2, 0) is 27.2 Å². The fourth-order valence-corrected chi connectivity index (χ4v) is 6.19. The smallest absolute Gasteiger partial charge is 0.442 e. The minimum Gasteiger partial charge on any atom is -0.497 e. The number of H-pyrrole nitrogens is 1. The highest BCUT2D eigenvalue weighted by atomic mass is 32.2. The number of aromatic nitrogens is 2. The molecule has 3 heterocycles. The molecule has 0 aliphatic carbocycles. The molecule has 40 heavy (non-hydrogen) atoms. The molecule has 0 saturated heterocycles.